The molecule has 130 valence electrons. The molecule has 0 saturated carbocycles. The third kappa shape index (κ3) is 1.73. The largest absolute Gasteiger partial charge is 0.460 e. The molecule has 0 unspecified atom stereocenters. The van der Waals surface area contributed by atoms with Crippen LogP contribution in [0.25, 0.3) is 0 Å². The average Bonchev–Trinajstić information content (AvgIpc) is 3.14. The lowest BCUT2D eigenvalue weighted by molar-refractivity contribution is -0.158. The predicted octanol–water partition coefficient (Wildman–Crippen LogP) is 1.88. The minimum atomic E-state index is -0.678. The summed E-state index contributed by atoms with van der Waals surface area (Å²) in [5, 5.41) is 0. The molecule has 1 aliphatic carbocycles. The zero-order valence-corrected chi connectivity index (χ0v) is 14.2. The van der Waals surface area contributed by atoms with Gasteiger partial charge in [0.1, 0.15) is 6.10 Å². The van der Waals surface area contributed by atoms with Crippen LogP contribution in [0, 0.1) is 0 Å². The molecule has 1 aromatic carbocycles. The highest BCUT2D eigenvalue weighted by molar-refractivity contribution is 5.67. The van der Waals surface area contributed by atoms with Crippen molar-refractivity contribution in [1.82, 2.24) is 4.90 Å². The highest BCUT2D eigenvalue weighted by atomic mass is 16.7. The molecule has 3 heterocycles. The number of rotatable bonds is 1. The smallest absolute Gasteiger partial charge is 0.302 e. The summed E-state index contributed by atoms with van der Waals surface area (Å²) in [7, 11) is 2.00. The highest BCUT2D eigenvalue weighted by Gasteiger charge is 2.67. The second kappa shape index (κ2) is 4.86. The van der Waals surface area contributed by atoms with E-state index in [1.165, 1.54) is 6.92 Å². The number of ether oxygens (including phenoxy) is 4. The Balaban J connectivity index is 1.77. The van der Waals surface area contributed by atoms with Crippen molar-refractivity contribution in [3.63, 3.8) is 0 Å². The van der Waals surface area contributed by atoms with Gasteiger partial charge in [0.25, 0.3) is 0 Å². The fourth-order valence-electron chi connectivity index (χ4n) is 4.70. The van der Waals surface area contributed by atoms with Gasteiger partial charge in [-0.05, 0) is 36.4 Å². The van der Waals surface area contributed by atoms with Crippen molar-refractivity contribution >= 4 is 5.97 Å². The zero-order chi connectivity index (χ0) is 17.2. The minimum Gasteiger partial charge on any atom is -0.460 e. The van der Waals surface area contributed by atoms with Crippen LogP contribution in [-0.4, -0.2) is 43.1 Å². The van der Waals surface area contributed by atoms with E-state index in [4.69, 9.17) is 18.9 Å². The van der Waals surface area contributed by atoms with Gasteiger partial charge >= 0.3 is 5.97 Å². The summed E-state index contributed by atoms with van der Waals surface area (Å²) in [6, 6.07) is 4.00. The van der Waals surface area contributed by atoms with E-state index in [9.17, 15) is 4.79 Å². The van der Waals surface area contributed by atoms with Crippen molar-refractivity contribution in [1.29, 1.82) is 0 Å². The SMILES string of the molecule is CC(=O)O[C@H]1CN(C)[C@@]23C=CC=C[C@@]12c1cc2c(cc1CO3)OCO2. The Hall–Kier alpha value is -2.31. The lowest BCUT2D eigenvalue weighted by Crippen LogP contribution is -2.60. The van der Waals surface area contributed by atoms with Gasteiger partial charge in [-0.1, -0.05) is 18.2 Å². The van der Waals surface area contributed by atoms with Gasteiger partial charge in [0.05, 0.1) is 12.0 Å². The van der Waals surface area contributed by atoms with Gasteiger partial charge < -0.3 is 18.9 Å². The molecule has 1 saturated heterocycles. The summed E-state index contributed by atoms with van der Waals surface area (Å²) in [4.78, 5) is 13.9. The lowest BCUT2D eigenvalue weighted by Gasteiger charge is -2.51. The first-order valence-electron chi connectivity index (χ1n) is 8.39. The van der Waals surface area contributed by atoms with Crippen LogP contribution in [-0.2, 0) is 26.3 Å². The maximum absolute atomic E-state index is 11.8. The summed E-state index contributed by atoms with van der Waals surface area (Å²) in [5.74, 6) is 1.17. The molecule has 4 aliphatic rings. The number of allylic oxidation sites excluding steroid dienone is 2. The number of carbonyl (C=O) groups excluding carboxylic acids is 1. The van der Waals surface area contributed by atoms with Gasteiger partial charge in [-0.3, -0.25) is 9.69 Å². The van der Waals surface area contributed by atoms with Crippen LogP contribution in [0.4, 0.5) is 0 Å². The first-order chi connectivity index (χ1) is 12.1. The molecule has 0 amide bonds. The van der Waals surface area contributed by atoms with Crippen LogP contribution >= 0.6 is 0 Å². The number of carbonyl (C=O) groups is 1. The number of hydrogen-bond acceptors (Lipinski definition) is 6. The van der Waals surface area contributed by atoms with Crippen molar-refractivity contribution in [2.45, 2.75) is 30.8 Å². The van der Waals surface area contributed by atoms with Crippen LogP contribution in [0.3, 0.4) is 0 Å². The molecule has 0 radical (unpaired) electrons. The summed E-state index contributed by atoms with van der Waals surface area (Å²) in [5.41, 5.74) is 0.811. The molecule has 1 fully saturated rings. The number of esters is 1. The minimum absolute atomic E-state index is 0.222. The third-order valence-corrected chi connectivity index (χ3v) is 5.70. The number of likely N-dealkylation sites (N-methyl/N-ethyl adjacent to an activating group) is 1. The Kier molecular flexibility index (Phi) is 2.92. The summed E-state index contributed by atoms with van der Waals surface area (Å²) >= 11 is 0. The summed E-state index contributed by atoms with van der Waals surface area (Å²) < 4.78 is 23.3. The zero-order valence-electron chi connectivity index (χ0n) is 14.2. The van der Waals surface area contributed by atoms with Crippen molar-refractivity contribution in [2.75, 3.05) is 20.4 Å². The van der Waals surface area contributed by atoms with Crippen LogP contribution in [0.5, 0.6) is 11.5 Å². The molecule has 0 aromatic heterocycles. The molecule has 6 heteroatoms. The van der Waals surface area contributed by atoms with Gasteiger partial charge in [0.2, 0.25) is 6.79 Å². The van der Waals surface area contributed by atoms with E-state index < -0.39 is 11.1 Å². The average molecular weight is 341 g/mol. The lowest BCUT2D eigenvalue weighted by atomic mass is 9.65. The monoisotopic (exact) mass is 341 g/mol. The first kappa shape index (κ1) is 15.0. The van der Waals surface area contributed by atoms with E-state index in [2.05, 4.69) is 17.1 Å². The highest BCUT2D eigenvalue weighted by Crippen LogP contribution is 2.57. The van der Waals surface area contributed by atoms with E-state index >= 15 is 0 Å². The third-order valence-electron chi connectivity index (χ3n) is 5.70. The van der Waals surface area contributed by atoms with Crippen LogP contribution in [0.15, 0.2) is 36.4 Å². The molecule has 0 N–H and O–H groups in total. The second-order valence-electron chi connectivity index (χ2n) is 6.91. The van der Waals surface area contributed by atoms with Gasteiger partial charge in [-0.15, -0.1) is 0 Å². The van der Waals surface area contributed by atoms with Crippen molar-refractivity contribution in [3.05, 3.63) is 47.6 Å². The number of hydrogen-bond donors (Lipinski definition) is 0. The normalized spacial score (nSPS) is 34.4. The van der Waals surface area contributed by atoms with Crippen LogP contribution < -0.4 is 9.47 Å². The van der Waals surface area contributed by atoms with Crippen molar-refractivity contribution in [2.24, 2.45) is 0 Å². The van der Waals surface area contributed by atoms with Gasteiger partial charge in [-0.2, -0.15) is 0 Å². The number of fused-ring (bicyclic) bond motifs is 2. The maximum Gasteiger partial charge on any atom is 0.302 e. The number of nitrogens with zero attached hydrogens (tertiary/aromatic N) is 1. The molecular formula is C19H19NO5. The fraction of sp³-hybridized carbons (Fsp3) is 0.421. The molecule has 25 heavy (non-hydrogen) atoms. The molecule has 6 nitrogen and oxygen atoms in total. The van der Waals surface area contributed by atoms with E-state index in [0.29, 0.717) is 13.2 Å². The Bertz CT molecular complexity index is 831. The molecular weight excluding hydrogens is 322 g/mol. The molecule has 0 bridgehead atoms. The Morgan fingerprint density at radius 1 is 1.24 bits per heavy atom. The van der Waals surface area contributed by atoms with Crippen LogP contribution in [0.1, 0.15) is 18.1 Å². The van der Waals surface area contributed by atoms with Crippen LogP contribution in [0.2, 0.25) is 0 Å². The van der Waals surface area contributed by atoms with E-state index in [1.807, 2.05) is 31.3 Å². The summed E-state index contributed by atoms with van der Waals surface area (Å²) in [6.45, 7) is 2.72. The number of benzene rings is 1. The molecule has 0 spiro atoms. The standard InChI is InChI=1S/C19H19NO5/c1-12(21)25-17-9-20(2)19-6-4-3-5-18(17,19)14-8-16-15(22-11-23-16)7-13(14)10-24-19/h3-8,17H,9-11H2,1-2H3/t17-,18+,19+/m0/s1. The number of likely N-dealkylation sites (tertiary alicyclic amines) is 1. The molecule has 5 rings (SSSR count). The second-order valence-corrected chi connectivity index (χ2v) is 6.91. The van der Waals surface area contributed by atoms with Crippen molar-refractivity contribution in [3.8, 4) is 11.5 Å². The quantitative estimate of drug-likeness (QED) is 0.727. The van der Waals surface area contributed by atoms with Crippen molar-refractivity contribution < 1.29 is 23.7 Å². The molecule has 1 aromatic rings. The van der Waals surface area contributed by atoms with E-state index in [1.54, 1.807) is 0 Å². The first-order valence-corrected chi connectivity index (χ1v) is 8.39. The van der Waals surface area contributed by atoms with Gasteiger partial charge in [0.15, 0.2) is 17.2 Å². The fourth-order valence-corrected chi connectivity index (χ4v) is 4.70. The summed E-state index contributed by atoms with van der Waals surface area (Å²) in [6.07, 6.45) is 7.80. The maximum atomic E-state index is 11.8. The Morgan fingerprint density at radius 3 is 2.80 bits per heavy atom. The topological polar surface area (TPSA) is 57.2 Å². The molecule has 3 aliphatic heterocycles. The molecule has 3 atom stereocenters. The van der Waals surface area contributed by atoms with Gasteiger partial charge in [0, 0.05) is 13.5 Å². The predicted molar refractivity (Wildman–Crippen MR) is 88.2 cm³/mol. The van der Waals surface area contributed by atoms with E-state index in [-0.39, 0.29) is 18.9 Å². The van der Waals surface area contributed by atoms with E-state index in [0.717, 1.165) is 22.6 Å². The Labute approximate surface area is 145 Å². The van der Waals surface area contributed by atoms with Gasteiger partial charge in [-0.25, -0.2) is 0 Å². The Morgan fingerprint density at radius 2 is 2.00 bits per heavy atom.